The van der Waals surface area contributed by atoms with Crippen LogP contribution in [0.5, 0.6) is 0 Å². The molecule has 0 saturated carbocycles. The van der Waals surface area contributed by atoms with Gasteiger partial charge in [0.25, 0.3) is 0 Å². The summed E-state index contributed by atoms with van der Waals surface area (Å²) in [6, 6.07) is 11.7. The molecule has 0 fully saturated rings. The molecule has 0 radical (unpaired) electrons. The van der Waals surface area contributed by atoms with Gasteiger partial charge in [-0.2, -0.15) is 5.26 Å². The molecule has 2 aromatic rings. The van der Waals surface area contributed by atoms with E-state index >= 15 is 0 Å². The van der Waals surface area contributed by atoms with Crippen LogP contribution in [0.4, 0.5) is 5.88 Å². The second kappa shape index (κ2) is 5.84. The van der Waals surface area contributed by atoms with Crippen LogP contribution in [0.3, 0.4) is 0 Å². The lowest BCUT2D eigenvalue weighted by Crippen LogP contribution is -2.05. The molecule has 18 heavy (non-hydrogen) atoms. The van der Waals surface area contributed by atoms with E-state index in [1.165, 1.54) is 0 Å². The van der Waals surface area contributed by atoms with Crippen molar-refractivity contribution in [2.45, 2.75) is 6.42 Å². The molecular weight excluding hydrogens is 230 g/mol. The summed E-state index contributed by atoms with van der Waals surface area (Å²) in [7, 11) is 0. The minimum absolute atomic E-state index is 0.0282. The van der Waals surface area contributed by atoms with Gasteiger partial charge in [-0.05, 0) is 5.56 Å². The first kappa shape index (κ1) is 12.1. The lowest BCUT2D eigenvalue weighted by molar-refractivity contribution is 0.309. The number of nitrogens with zero attached hydrogens (tertiary/aromatic N) is 2. The SMILES string of the molecule is N#Cc1nc(Cc2ccccc2)oc1NCCO. The van der Waals surface area contributed by atoms with E-state index in [9.17, 15) is 0 Å². The summed E-state index contributed by atoms with van der Waals surface area (Å²) in [6.45, 7) is 0.300. The van der Waals surface area contributed by atoms with Crippen molar-refractivity contribution < 1.29 is 9.52 Å². The Bertz CT molecular complexity index is 543. The number of anilines is 1. The quantitative estimate of drug-likeness (QED) is 0.832. The number of aromatic nitrogens is 1. The highest BCUT2D eigenvalue weighted by Gasteiger charge is 2.12. The average Bonchev–Trinajstić information content (AvgIpc) is 2.79. The molecule has 92 valence electrons. The van der Waals surface area contributed by atoms with Gasteiger partial charge in [0, 0.05) is 13.0 Å². The van der Waals surface area contributed by atoms with Gasteiger partial charge in [-0.15, -0.1) is 0 Å². The fourth-order valence-corrected chi connectivity index (χ4v) is 1.58. The minimum atomic E-state index is -0.0282. The van der Waals surface area contributed by atoms with Gasteiger partial charge in [0.1, 0.15) is 6.07 Å². The summed E-state index contributed by atoms with van der Waals surface area (Å²) in [5.74, 6) is 0.802. The molecule has 0 spiro atoms. The van der Waals surface area contributed by atoms with Crippen molar-refractivity contribution in [3.05, 3.63) is 47.5 Å². The predicted octanol–water partition coefficient (Wildman–Crippen LogP) is 1.54. The van der Waals surface area contributed by atoms with Crippen molar-refractivity contribution in [1.29, 1.82) is 5.26 Å². The van der Waals surface area contributed by atoms with E-state index in [4.69, 9.17) is 14.8 Å². The first-order valence-corrected chi connectivity index (χ1v) is 5.62. The number of benzene rings is 1. The monoisotopic (exact) mass is 243 g/mol. The molecule has 2 rings (SSSR count). The summed E-state index contributed by atoms with van der Waals surface area (Å²) in [6.07, 6.45) is 0.538. The first-order valence-electron chi connectivity index (χ1n) is 5.62. The van der Waals surface area contributed by atoms with Gasteiger partial charge >= 0.3 is 0 Å². The van der Waals surface area contributed by atoms with E-state index in [0.29, 0.717) is 24.7 Å². The number of aliphatic hydroxyl groups excluding tert-OH is 1. The summed E-state index contributed by atoms with van der Waals surface area (Å²) < 4.78 is 5.46. The van der Waals surface area contributed by atoms with Crippen molar-refractivity contribution in [3.63, 3.8) is 0 Å². The molecule has 0 aliphatic heterocycles. The molecule has 0 bridgehead atoms. The highest BCUT2D eigenvalue weighted by molar-refractivity contribution is 5.45. The van der Waals surface area contributed by atoms with Crippen molar-refractivity contribution in [3.8, 4) is 6.07 Å². The van der Waals surface area contributed by atoms with Crippen molar-refractivity contribution in [1.82, 2.24) is 4.98 Å². The van der Waals surface area contributed by atoms with E-state index in [1.54, 1.807) is 0 Å². The first-order chi connectivity index (χ1) is 8.83. The second-order valence-electron chi connectivity index (χ2n) is 3.71. The molecule has 1 aromatic heterocycles. The molecule has 5 heteroatoms. The predicted molar refractivity (Wildman–Crippen MR) is 66.0 cm³/mol. The van der Waals surface area contributed by atoms with Crippen molar-refractivity contribution in [2.75, 3.05) is 18.5 Å². The third-order valence-corrected chi connectivity index (χ3v) is 2.37. The maximum Gasteiger partial charge on any atom is 0.232 e. The standard InChI is InChI=1S/C13H13N3O2/c14-9-11-13(15-6-7-17)18-12(16-11)8-10-4-2-1-3-5-10/h1-5,15,17H,6-8H2. The smallest absolute Gasteiger partial charge is 0.232 e. The van der Waals surface area contributed by atoms with Crippen LogP contribution < -0.4 is 5.32 Å². The molecular formula is C13H13N3O2. The average molecular weight is 243 g/mol. The Labute approximate surface area is 105 Å². The van der Waals surface area contributed by atoms with E-state index < -0.39 is 0 Å². The molecule has 0 amide bonds. The second-order valence-corrected chi connectivity index (χ2v) is 3.71. The van der Waals surface area contributed by atoms with Crippen molar-refractivity contribution >= 4 is 5.88 Å². The molecule has 1 heterocycles. The van der Waals surface area contributed by atoms with Gasteiger partial charge in [-0.1, -0.05) is 30.3 Å². The van der Waals surface area contributed by atoms with Crippen LogP contribution >= 0.6 is 0 Å². The van der Waals surface area contributed by atoms with Gasteiger partial charge in [0.05, 0.1) is 6.61 Å². The number of nitriles is 1. The van der Waals surface area contributed by atoms with E-state index in [-0.39, 0.29) is 12.3 Å². The Morgan fingerprint density at radius 3 is 2.78 bits per heavy atom. The van der Waals surface area contributed by atoms with Gasteiger partial charge in [0.2, 0.25) is 17.5 Å². The Morgan fingerprint density at radius 2 is 2.11 bits per heavy atom. The lowest BCUT2D eigenvalue weighted by Gasteiger charge is -1.98. The maximum absolute atomic E-state index is 8.92. The van der Waals surface area contributed by atoms with Crippen LogP contribution in [-0.2, 0) is 6.42 Å². The Hall–Kier alpha value is -2.32. The number of oxazole rings is 1. The highest BCUT2D eigenvalue weighted by atomic mass is 16.4. The lowest BCUT2D eigenvalue weighted by atomic mass is 10.1. The summed E-state index contributed by atoms with van der Waals surface area (Å²) in [5, 5.41) is 20.5. The van der Waals surface area contributed by atoms with Gasteiger partial charge < -0.3 is 14.8 Å². The fraction of sp³-hybridized carbons (Fsp3) is 0.231. The van der Waals surface area contributed by atoms with Crippen LogP contribution in [0.2, 0.25) is 0 Å². The maximum atomic E-state index is 8.92. The van der Waals surface area contributed by atoms with Crippen LogP contribution in [0.1, 0.15) is 17.1 Å². The summed E-state index contributed by atoms with van der Waals surface area (Å²) in [4.78, 5) is 4.10. The van der Waals surface area contributed by atoms with Crippen LogP contribution in [0.25, 0.3) is 0 Å². The number of nitrogens with one attached hydrogen (secondary N) is 1. The Kier molecular flexibility index (Phi) is 3.94. The number of hydrogen-bond acceptors (Lipinski definition) is 5. The topological polar surface area (TPSA) is 82.1 Å². The highest BCUT2D eigenvalue weighted by Crippen LogP contribution is 2.18. The Morgan fingerprint density at radius 1 is 1.33 bits per heavy atom. The number of rotatable bonds is 5. The summed E-state index contributed by atoms with van der Waals surface area (Å²) >= 11 is 0. The number of hydrogen-bond donors (Lipinski definition) is 2. The van der Waals surface area contributed by atoms with E-state index in [0.717, 1.165) is 5.56 Å². The van der Waals surface area contributed by atoms with E-state index in [1.807, 2.05) is 36.4 Å². The fourth-order valence-electron chi connectivity index (χ4n) is 1.58. The molecule has 2 N–H and O–H groups in total. The van der Waals surface area contributed by atoms with Crippen LogP contribution in [0, 0.1) is 11.3 Å². The zero-order chi connectivity index (χ0) is 12.8. The summed E-state index contributed by atoms with van der Waals surface area (Å²) in [5.41, 5.74) is 1.28. The van der Waals surface area contributed by atoms with Gasteiger partial charge in [-0.25, -0.2) is 4.98 Å². The zero-order valence-electron chi connectivity index (χ0n) is 9.76. The molecule has 0 aliphatic carbocycles. The normalized spacial score (nSPS) is 10.0. The Balaban J connectivity index is 2.15. The van der Waals surface area contributed by atoms with Gasteiger partial charge in [0.15, 0.2) is 0 Å². The molecule has 5 nitrogen and oxygen atoms in total. The third-order valence-electron chi connectivity index (χ3n) is 2.37. The van der Waals surface area contributed by atoms with Gasteiger partial charge in [-0.3, -0.25) is 0 Å². The molecule has 0 aliphatic rings. The van der Waals surface area contributed by atoms with Crippen LogP contribution in [0.15, 0.2) is 34.7 Å². The molecule has 0 saturated heterocycles. The zero-order valence-corrected chi connectivity index (χ0v) is 9.76. The minimum Gasteiger partial charge on any atom is -0.423 e. The van der Waals surface area contributed by atoms with Crippen LogP contribution in [-0.4, -0.2) is 23.2 Å². The van der Waals surface area contributed by atoms with E-state index in [2.05, 4.69) is 10.3 Å². The third kappa shape index (κ3) is 2.87. The molecule has 0 atom stereocenters. The largest absolute Gasteiger partial charge is 0.423 e. The number of aliphatic hydroxyl groups is 1. The van der Waals surface area contributed by atoms with Crippen molar-refractivity contribution in [2.24, 2.45) is 0 Å². The molecule has 1 aromatic carbocycles. The molecule has 0 unspecified atom stereocenters.